The molecular formula is C53H94O6. The maximum absolute atomic E-state index is 12.8. The first-order chi connectivity index (χ1) is 29.0. The first-order valence-electron chi connectivity index (χ1n) is 25.1. The Hall–Kier alpha value is -2.63. The summed E-state index contributed by atoms with van der Waals surface area (Å²) in [4.78, 5) is 37.9. The van der Waals surface area contributed by atoms with Gasteiger partial charge in [-0.1, -0.05) is 185 Å². The number of unbranched alkanes of at least 4 members (excludes halogenated alkanes) is 26. The quantitative estimate of drug-likeness (QED) is 0.0263. The maximum Gasteiger partial charge on any atom is 0.306 e. The Bertz CT molecular complexity index is 1040. The van der Waals surface area contributed by atoms with E-state index in [1.54, 1.807) is 0 Å². The summed E-state index contributed by atoms with van der Waals surface area (Å²) < 4.78 is 16.7. The van der Waals surface area contributed by atoms with Gasteiger partial charge in [0.05, 0.1) is 0 Å². The number of esters is 3. The zero-order valence-corrected chi connectivity index (χ0v) is 39.0. The van der Waals surface area contributed by atoms with Crippen molar-refractivity contribution in [3.05, 3.63) is 48.6 Å². The SMILES string of the molecule is CCCC/C=C\CCCCCCCC(=O)OC[C@@H](COC(=O)CCCCCCCCC/C=C\C/C=C\CCCCC)OC(=O)CCCCCCC/C=C\CCCCCC. The summed E-state index contributed by atoms with van der Waals surface area (Å²) >= 11 is 0. The Kier molecular flexibility index (Phi) is 45.9. The predicted molar refractivity (Wildman–Crippen MR) is 252 cm³/mol. The van der Waals surface area contributed by atoms with Crippen LogP contribution in [-0.2, 0) is 28.6 Å². The Morgan fingerprint density at radius 1 is 0.339 bits per heavy atom. The molecule has 0 unspecified atom stereocenters. The lowest BCUT2D eigenvalue weighted by Gasteiger charge is -2.18. The molecule has 0 N–H and O–H groups in total. The molecule has 342 valence electrons. The highest BCUT2D eigenvalue weighted by Gasteiger charge is 2.19. The predicted octanol–water partition coefficient (Wildman–Crippen LogP) is 16.3. The van der Waals surface area contributed by atoms with E-state index in [9.17, 15) is 14.4 Å². The summed E-state index contributed by atoms with van der Waals surface area (Å²) in [6.45, 7) is 6.54. The van der Waals surface area contributed by atoms with Crippen molar-refractivity contribution >= 4 is 17.9 Å². The van der Waals surface area contributed by atoms with Gasteiger partial charge in [-0.05, 0) is 96.3 Å². The van der Waals surface area contributed by atoms with Crippen LogP contribution in [0.5, 0.6) is 0 Å². The molecule has 6 heteroatoms. The summed E-state index contributed by atoms with van der Waals surface area (Å²) in [5, 5.41) is 0. The second-order valence-electron chi connectivity index (χ2n) is 16.7. The lowest BCUT2D eigenvalue weighted by Crippen LogP contribution is -2.30. The zero-order chi connectivity index (χ0) is 43.0. The first kappa shape index (κ1) is 56.4. The van der Waals surface area contributed by atoms with Crippen LogP contribution in [0.2, 0.25) is 0 Å². The van der Waals surface area contributed by atoms with E-state index < -0.39 is 6.10 Å². The molecule has 0 bridgehead atoms. The van der Waals surface area contributed by atoms with Gasteiger partial charge < -0.3 is 14.2 Å². The average molecular weight is 827 g/mol. The number of hydrogen-bond donors (Lipinski definition) is 0. The van der Waals surface area contributed by atoms with E-state index in [0.29, 0.717) is 19.3 Å². The topological polar surface area (TPSA) is 78.9 Å². The Morgan fingerprint density at radius 2 is 0.627 bits per heavy atom. The standard InChI is InChI=1S/C53H94O6/c1-4-7-10-13-16-19-22-24-25-26-27-29-31-34-37-40-43-46-52(55)58-49-50(48-57-51(54)45-42-39-36-33-30-21-18-15-12-9-6-3)59-53(56)47-44-41-38-35-32-28-23-20-17-14-11-8-5-2/h15-16,18-20,23-25,50H,4-14,17,21-22,26-49H2,1-3H3/b18-15-,19-16-,23-20-,25-24-/t50-/m0/s1. The monoisotopic (exact) mass is 827 g/mol. The van der Waals surface area contributed by atoms with Crippen LogP contribution < -0.4 is 0 Å². The van der Waals surface area contributed by atoms with Gasteiger partial charge in [-0.3, -0.25) is 14.4 Å². The minimum Gasteiger partial charge on any atom is -0.462 e. The Balaban J connectivity index is 4.37. The van der Waals surface area contributed by atoms with E-state index in [4.69, 9.17) is 14.2 Å². The van der Waals surface area contributed by atoms with Crippen LogP contribution in [0, 0.1) is 0 Å². The van der Waals surface area contributed by atoms with E-state index in [-0.39, 0.29) is 31.1 Å². The van der Waals surface area contributed by atoms with Gasteiger partial charge in [0.15, 0.2) is 6.10 Å². The van der Waals surface area contributed by atoms with Crippen LogP contribution >= 0.6 is 0 Å². The van der Waals surface area contributed by atoms with Crippen molar-refractivity contribution in [2.45, 2.75) is 258 Å². The summed E-state index contributed by atoms with van der Waals surface area (Å²) in [5.41, 5.74) is 0. The molecule has 0 fully saturated rings. The number of allylic oxidation sites excluding steroid dienone is 8. The van der Waals surface area contributed by atoms with Crippen molar-refractivity contribution in [2.24, 2.45) is 0 Å². The van der Waals surface area contributed by atoms with Crippen molar-refractivity contribution in [1.82, 2.24) is 0 Å². The van der Waals surface area contributed by atoms with E-state index in [1.807, 2.05) is 0 Å². The van der Waals surface area contributed by atoms with Crippen LogP contribution in [0.3, 0.4) is 0 Å². The van der Waals surface area contributed by atoms with Crippen molar-refractivity contribution < 1.29 is 28.6 Å². The number of carbonyl (C=O) groups excluding carboxylic acids is 3. The molecule has 0 aromatic rings. The third-order valence-corrected chi connectivity index (χ3v) is 10.8. The van der Waals surface area contributed by atoms with Gasteiger partial charge in [0.1, 0.15) is 13.2 Å². The summed E-state index contributed by atoms with van der Waals surface area (Å²) in [7, 11) is 0. The largest absolute Gasteiger partial charge is 0.462 e. The van der Waals surface area contributed by atoms with E-state index in [2.05, 4.69) is 69.4 Å². The molecule has 0 saturated carbocycles. The van der Waals surface area contributed by atoms with E-state index in [1.165, 1.54) is 122 Å². The molecule has 6 nitrogen and oxygen atoms in total. The molecule has 0 amide bonds. The average Bonchev–Trinajstić information content (AvgIpc) is 3.23. The van der Waals surface area contributed by atoms with Gasteiger partial charge >= 0.3 is 17.9 Å². The van der Waals surface area contributed by atoms with Crippen LogP contribution in [0.4, 0.5) is 0 Å². The highest BCUT2D eigenvalue weighted by Crippen LogP contribution is 2.14. The molecule has 0 aliphatic heterocycles. The number of rotatable bonds is 45. The molecule has 0 aromatic carbocycles. The van der Waals surface area contributed by atoms with Crippen molar-refractivity contribution in [3.8, 4) is 0 Å². The third-order valence-electron chi connectivity index (χ3n) is 10.8. The molecule has 0 heterocycles. The lowest BCUT2D eigenvalue weighted by molar-refractivity contribution is -0.167. The molecule has 0 saturated heterocycles. The Morgan fingerprint density at radius 3 is 1.03 bits per heavy atom. The molecule has 1 atom stereocenters. The number of ether oxygens (including phenoxy) is 3. The van der Waals surface area contributed by atoms with Gasteiger partial charge in [0, 0.05) is 19.3 Å². The van der Waals surface area contributed by atoms with Crippen LogP contribution in [0.1, 0.15) is 252 Å². The maximum atomic E-state index is 12.8. The van der Waals surface area contributed by atoms with Crippen molar-refractivity contribution in [3.63, 3.8) is 0 Å². The molecule has 0 aliphatic rings. The second-order valence-corrected chi connectivity index (χ2v) is 16.7. The van der Waals surface area contributed by atoms with E-state index in [0.717, 1.165) is 89.9 Å². The highest BCUT2D eigenvalue weighted by atomic mass is 16.6. The first-order valence-corrected chi connectivity index (χ1v) is 25.1. The fraction of sp³-hybridized carbons (Fsp3) is 0.792. The molecule has 0 radical (unpaired) electrons. The van der Waals surface area contributed by atoms with Gasteiger partial charge in [-0.15, -0.1) is 0 Å². The molecule has 0 aliphatic carbocycles. The smallest absolute Gasteiger partial charge is 0.306 e. The molecular weight excluding hydrogens is 733 g/mol. The fourth-order valence-electron chi connectivity index (χ4n) is 6.92. The summed E-state index contributed by atoms with van der Waals surface area (Å²) in [6, 6.07) is 0. The molecule has 0 spiro atoms. The molecule has 0 aromatic heterocycles. The fourth-order valence-corrected chi connectivity index (χ4v) is 6.92. The summed E-state index contributed by atoms with van der Waals surface area (Å²) in [5.74, 6) is -0.905. The minimum absolute atomic E-state index is 0.0828. The van der Waals surface area contributed by atoms with Gasteiger partial charge in [0.2, 0.25) is 0 Å². The molecule has 0 rings (SSSR count). The number of carbonyl (C=O) groups is 3. The Labute approximate surface area is 365 Å². The highest BCUT2D eigenvalue weighted by molar-refractivity contribution is 5.71. The van der Waals surface area contributed by atoms with Crippen LogP contribution in [-0.4, -0.2) is 37.2 Å². The number of hydrogen-bond acceptors (Lipinski definition) is 6. The van der Waals surface area contributed by atoms with Gasteiger partial charge in [-0.25, -0.2) is 0 Å². The second kappa shape index (κ2) is 48.0. The summed E-state index contributed by atoms with van der Waals surface area (Å²) in [6.07, 6.45) is 56.6. The third kappa shape index (κ3) is 46.3. The van der Waals surface area contributed by atoms with Crippen LogP contribution in [0.25, 0.3) is 0 Å². The van der Waals surface area contributed by atoms with Gasteiger partial charge in [-0.2, -0.15) is 0 Å². The normalized spacial score (nSPS) is 12.4. The lowest BCUT2D eigenvalue weighted by atomic mass is 10.1. The minimum atomic E-state index is -0.781. The van der Waals surface area contributed by atoms with Crippen molar-refractivity contribution in [1.29, 1.82) is 0 Å². The van der Waals surface area contributed by atoms with Crippen molar-refractivity contribution in [2.75, 3.05) is 13.2 Å². The molecule has 59 heavy (non-hydrogen) atoms. The zero-order valence-electron chi connectivity index (χ0n) is 39.0. The van der Waals surface area contributed by atoms with E-state index >= 15 is 0 Å². The van der Waals surface area contributed by atoms with Crippen LogP contribution in [0.15, 0.2) is 48.6 Å². The van der Waals surface area contributed by atoms with Gasteiger partial charge in [0.25, 0.3) is 0 Å².